The Balaban J connectivity index is 1.44. The molecule has 274 valence electrons. The summed E-state index contributed by atoms with van der Waals surface area (Å²) in [6.45, 7) is 1.28. The number of pyridine rings is 1. The molecule has 0 saturated heterocycles. The number of fused-ring (bicyclic) bond motifs is 1. The smallest absolute Gasteiger partial charge is 0.387 e. The number of rotatable bonds is 15. The van der Waals surface area contributed by atoms with Crippen molar-refractivity contribution in [3.8, 4) is 11.5 Å². The van der Waals surface area contributed by atoms with Crippen LogP contribution in [0.3, 0.4) is 0 Å². The van der Waals surface area contributed by atoms with Gasteiger partial charge in [0.2, 0.25) is 10.9 Å². The molecule has 0 radical (unpaired) electrons. The van der Waals surface area contributed by atoms with Gasteiger partial charge in [0.15, 0.2) is 23.9 Å². The largest absolute Gasteiger partial charge is 0.619 e. The molecular formula is C34H35Cl2F2N3O9S. The van der Waals surface area contributed by atoms with Crippen LogP contribution in [0.15, 0.2) is 61.1 Å². The fourth-order valence-electron chi connectivity index (χ4n) is 5.29. The summed E-state index contributed by atoms with van der Waals surface area (Å²) in [6, 6.07) is 10.5. The van der Waals surface area contributed by atoms with E-state index in [4.69, 9.17) is 37.4 Å². The molecule has 2 aromatic carbocycles. The van der Waals surface area contributed by atoms with Crippen LogP contribution in [-0.4, -0.2) is 50.3 Å². The maximum atomic E-state index is 13.6. The lowest BCUT2D eigenvalue weighted by atomic mass is 10.0. The van der Waals surface area contributed by atoms with Crippen molar-refractivity contribution in [2.75, 3.05) is 17.5 Å². The van der Waals surface area contributed by atoms with Gasteiger partial charge in [-0.3, -0.25) is 13.9 Å². The first-order valence-electron chi connectivity index (χ1n) is 15.8. The summed E-state index contributed by atoms with van der Waals surface area (Å²) < 4.78 is 75.5. The van der Waals surface area contributed by atoms with Crippen molar-refractivity contribution in [3.63, 3.8) is 0 Å². The molecule has 1 fully saturated rings. The first kappa shape index (κ1) is 37.9. The molecule has 2 heterocycles. The lowest BCUT2D eigenvalue weighted by Crippen LogP contribution is -2.34. The van der Waals surface area contributed by atoms with Gasteiger partial charge in [-0.1, -0.05) is 35.3 Å². The number of alkyl halides is 2. The highest BCUT2D eigenvalue weighted by Gasteiger charge is 2.27. The van der Waals surface area contributed by atoms with Crippen LogP contribution in [0.5, 0.6) is 11.5 Å². The third-order valence-electron chi connectivity index (χ3n) is 7.71. The number of anilines is 1. The monoisotopic (exact) mass is 769 g/mol. The van der Waals surface area contributed by atoms with Gasteiger partial charge < -0.3 is 28.7 Å². The number of carbonyl (C=O) groups is 2. The maximum absolute atomic E-state index is 13.6. The van der Waals surface area contributed by atoms with Gasteiger partial charge in [-0.15, -0.1) is 0 Å². The van der Waals surface area contributed by atoms with Crippen LogP contribution in [-0.2, 0) is 42.9 Å². The zero-order valence-corrected chi connectivity index (χ0v) is 30.1. The quantitative estimate of drug-likeness (QED) is 0.0651. The van der Waals surface area contributed by atoms with Crippen molar-refractivity contribution in [1.82, 2.24) is 4.57 Å². The van der Waals surface area contributed by atoms with E-state index in [0.29, 0.717) is 26.8 Å². The minimum absolute atomic E-state index is 0.0120. The molecular weight excluding hydrogens is 735 g/mol. The van der Waals surface area contributed by atoms with E-state index in [1.807, 2.05) is 0 Å². The molecule has 5 rings (SSSR count). The van der Waals surface area contributed by atoms with Crippen molar-refractivity contribution in [3.05, 3.63) is 87.4 Å². The SMILES string of the molecule is CC(C)(C)OC(=O)CN(c1cccc2c1ccn2CC(=O)O[C@@H](Cc1c(Cl)c[n+]([O-])cc1Cl)c1ccc(OC(F)F)c(OCC2CC2)c1)[SH](=O)=O. The lowest BCUT2D eigenvalue weighted by Gasteiger charge is -2.23. The third-order valence-corrected chi connectivity index (χ3v) is 9.11. The molecule has 0 spiro atoms. The van der Waals surface area contributed by atoms with Gasteiger partial charge in [0.1, 0.15) is 34.8 Å². The van der Waals surface area contributed by atoms with Crippen LogP contribution in [0, 0.1) is 11.1 Å². The second-order valence-corrected chi connectivity index (χ2v) is 14.6. The Morgan fingerprint density at radius 1 is 1.06 bits per heavy atom. The van der Waals surface area contributed by atoms with Crippen molar-refractivity contribution in [2.24, 2.45) is 5.92 Å². The summed E-state index contributed by atoms with van der Waals surface area (Å²) in [5, 5.41) is 12.4. The summed E-state index contributed by atoms with van der Waals surface area (Å²) in [5.74, 6) is -1.36. The molecule has 1 aliphatic rings. The number of thiol groups is 1. The molecule has 12 nitrogen and oxygen atoms in total. The molecule has 51 heavy (non-hydrogen) atoms. The normalized spacial score (nSPS) is 13.7. The van der Waals surface area contributed by atoms with E-state index < -0.39 is 47.7 Å². The zero-order chi connectivity index (χ0) is 37.0. The number of benzene rings is 2. The summed E-state index contributed by atoms with van der Waals surface area (Å²) in [7, 11) is -3.25. The lowest BCUT2D eigenvalue weighted by molar-refractivity contribution is -0.605. The second-order valence-electron chi connectivity index (χ2n) is 12.8. The van der Waals surface area contributed by atoms with Crippen molar-refractivity contribution >= 4 is 62.6 Å². The van der Waals surface area contributed by atoms with Gasteiger partial charge in [0, 0.05) is 23.6 Å². The summed E-state index contributed by atoms with van der Waals surface area (Å²) in [6.07, 6.45) is 4.45. The Kier molecular flexibility index (Phi) is 11.8. The van der Waals surface area contributed by atoms with Crippen molar-refractivity contribution in [2.45, 2.75) is 64.9 Å². The summed E-state index contributed by atoms with van der Waals surface area (Å²) >= 11 is 12.7. The highest BCUT2D eigenvalue weighted by molar-refractivity contribution is 7.74. The average Bonchev–Trinajstić information content (AvgIpc) is 3.77. The van der Waals surface area contributed by atoms with Crippen LogP contribution in [0.25, 0.3) is 10.9 Å². The molecule has 1 aliphatic carbocycles. The molecule has 17 heteroatoms. The molecule has 1 atom stereocenters. The van der Waals surface area contributed by atoms with Crippen LogP contribution in [0.2, 0.25) is 10.0 Å². The molecule has 4 aromatic rings. The Bertz CT molecular complexity index is 1970. The first-order chi connectivity index (χ1) is 24.1. The molecule has 0 bridgehead atoms. The zero-order valence-electron chi connectivity index (χ0n) is 27.7. The van der Waals surface area contributed by atoms with Gasteiger partial charge in [-0.2, -0.15) is 13.5 Å². The van der Waals surface area contributed by atoms with E-state index >= 15 is 0 Å². The minimum Gasteiger partial charge on any atom is -0.619 e. The summed E-state index contributed by atoms with van der Waals surface area (Å²) in [4.78, 5) is 26.1. The molecule has 2 aromatic heterocycles. The number of ether oxygens (including phenoxy) is 4. The number of hydrogen-bond donors (Lipinski definition) is 1. The predicted octanol–water partition coefficient (Wildman–Crippen LogP) is 6.17. The number of hydrogen-bond acceptors (Lipinski definition) is 9. The van der Waals surface area contributed by atoms with E-state index in [-0.39, 0.29) is 52.7 Å². The first-order valence-corrected chi connectivity index (χ1v) is 17.7. The minimum atomic E-state index is -3.25. The number of esters is 2. The summed E-state index contributed by atoms with van der Waals surface area (Å²) in [5.41, 5.74) is 0.480. The van der Waals surface area contributed by atoms with Crippen LogP contribution >= 0.6 is 23.2 Å². The van der Waals surface area contributed by atoms with Gasteiger partial charge in [0.25, 0.3) is 0 Å². The van der Waals surface area contributed by atoms with Gasteiger partial charge in [-0.05, 0) is 75.4 Å². The molecule has 0 amide bonds. The fourth-order valence-corrected chi connectivity index (χ4v) is 6.47. The standard InChI is InChI=1S/C34H35Cl2F2N3O9S/c1-34(2,3)50-32(43)18-41(51(45)46)27-6-4-5-26-22(27)11-12-39(26)17-31(42)48-29(14-23-24(35)15-40(44)16-25(23)36)21-9-10-28(49-33(37)38)30(13-21)47-19-20-7-8-20/h4-6,9-13,15-16,20,29,33,51H,7-8,14,17-19H2,1-3H3/t29-/m0/s1. The van der Waals surface area contributed by atoms with Crippen molar-refractivity contribution < 1.29 is 50.5 Å². The number of aromatic nitrogens is 2. The average molecular weight is 771 g/mol. The van der Waals surface area contributed by atoms with Gasteiger partial charge >= 0.3 is 18.6 Å². The number of carbonyl (C=O) groups excluding carboxylic acids is 2. The van der Waals surface area contributed by atoms with Crippen LogP contribution in [0.1, 0.15) is 50.8 Å². The van der Waals surface area contributed by atoms with Gasteiger partial charge in [0.05, 0.1) is 17.8 Å². The Morgan fingerprint density at radius 3 is 2.39 bits per heavy atom. The second kappa shape index (κ2) is 15.9. The highest BCUT2D eigenvalue weighted by Crippen LogP contribution is 2.38. The van der Waals surface area contributed by atoms with E-state index in [2.05, 4.69) is 4.74 Å². The molecule has 0 N–H and O–H groups in total. The Morgan fingerprint density at radius 2 is 1.76 bits per heavy atom. The van der Waals surface area contributed by atoms with Gasteiger partial charge in [-0.25, -0.2) is 8.42 Å². The Labute approximate surface area is 304 Å². The van der Waals surface area contributed by atoms with E-state index in [1.165, 1.54) is 28.8 Å². The number of nitrogens with zero attached hydrogens (tertiary/aromatic N) is 3. The third kappa shape index (κ3) is 10.1. The maximum Gasteiger partial charge on any atom is 0.387 e. The van der Waals surface area contributed by atoms with Crippen LogP contribution in [0.4, 0.5) is 14.5 Å². The number of halogens is 4. The molecule has 0 unspecified atom stereocenters. The molecule has 1 saturated carbocycles. The fraction of sp³-hybridized carbons (Fsp3) is 0.382. The van der Waals surface area contributed by atoms with Crippen LogP contribution < -0.4 is 18.5 Å². The molecule has 0 aliphatic heterocycles. The van der Waals surface area contributed by atoms with E-state index in [0.717, 1.165) is 29.5 Å². The topological polar surface area (TPSA) is 140 Å². The van der Waals surface area contributed by atoms with Crippen molar-refractivity contribution in [1.29, 1.82) is 0 Å². The predicted molar refractivity (Wildman–Crippen MR) is 185 cm³/mol. The van der Waals surface area contributed by atoms with E-state index in [9.17, 15) is 32.0 Å². The Hall–Kier alpha value is -4.34. The highest BCUT2D eigenvalue weighted by atomic mass is 35.5. The van der Waals surface area contributed by atoms with E-state index in [1.54, 1.807) is 45.2 Å².